The van der Waals surface area contributed by atoms with Crippen molar-refractivity contribution in [2.24, 2.45) is 4.99 Å². The molecule has 3 rings (SSSR count). The van der Waals surface area contributed by atoms with Gasteiger partial charge in [0.15, 0.2) is 5.96 Å². The van der Waals surface area contributed by atoms with E-state index in [2.05, 4.69) is 35.4 Å². The number of nitrogens with one attached hydrogen (secondary N) is 2. The first-order chi connectivity index (χ1) is 13.3. The second-order valence-corrected chi connectivity index (χ2v) is 6.32. The highest BCUT2D eigenvalue weighted by Gasteiger charge is 2.18. The van der Waals surface area contributed by atoms with E-state index < -0.39 is 0 Å². The Bertz CT molecular complexity index is 736. The van der Waals surface area contributed by atoms with Crippen LogP contribution in [0.3, 0.4) is 0 Å². The SMILES string of the molecule is CN=C(NCCN1CCN(c2ncccn2)CC1)NCc1ccccc1F.I. The summed E-state index contributed by atoms with van der Waals surface area (Å²) in [4.78, 5) is 17.4. The van der Waals surface area contributed by atoms with Gasteiger partial charge in [0.1, 0.15) is 5.82 Å². The molecule has 28 heavy (non-hydrogen) atoms. The molecule has 152 valence electrons. The molecule has 1 saturated heterocycles. The monoisotopic (exact) mass is 499 g/mol. The third-order valence-corrected chi connectivity index (χ3v) is 4.56. The zero-order valence-corrected chi connectivity index (χ0v) is 18.3. The molecule has 9 heteroatoms. The number of aromatic nitrogens is 2. The summed E-state index contributed by atoms with van der Waals surface area (Å²) in [6, 6.07) is 8.59. The number of aliphatic imine (C=N–C) groups is 1. The van der Waals surface area contributed by atoms with Gasteiger partial charge in [-0.2, -0.15) is 0 Å². The predicted octanol–water partition coefficient (Wildman–Crippen LogP) is 1.72. The molecule has 1 aliphatic rings. The minimum Gasteiger partial charge on any atom is -0.355 e. The topological polar surface area (TPSA) is 68.7 Å². The molecule has 0 aliphatic carbocycles. The third-order valence-electron chi connectivity index (χ3n) is 4.56. The summed E-state index contributed by atoms with van der Waals surface area (Å²) in [5.74, 6) is 1.27. The molecule has 1 aliphatic heterocycles. The zero-order valence-electron chi connectivity index (χ0n) is 16.0. The lowest BCUT2D eigenvalue weighted by Gasteiger charge is -2.34. The fraction of sp³-hybridized carbons (Fsp3) is 0.421. The molecule has 7 nitrogen and oxygen atoms in total. The number of anilines is 1. The Labute approximate surface area is 182 Å². The van der Waals surface area contributed by atoms with E-state index in [0.717, 1.165) is 45.2 Å². The molecule has 0 amide bonds. The molecule has 0 unspecified atom stereocenters. The van der Waals surface area contributed by atoms with Crippen molar-refractivity contribution in [2.75, 3.05) is 51.2 Å². The normalized spacial score (nSPS) is 15.1. The van der Waals surface area contributed by atoms with Crippen LogP contribution in [0.4, 0.5) is 10.3 Å². The lowest BCUT2D eigenvalue weighted by atomic mass is 10.2. The highest BCUT2D eigenvalue weighted by Crippen LogP contribution is 2.09. The number of rotatable bonds is 6. The Morgan fingerprint density at radius 1 is 1.07 bits per heavy atom. The highest BCUT2D eigenvalue weighted by molar-refractivity contribution is 14.0. The van der Waals surface area contributed by atoms with Crippen molar-refractivity contribution in [2.45, 2.75) is 6.54 Å². The van der Waals surface area contributed by atoms with Crippen molar-refractivity contribution in [3.05, 3.63) is 54.1 Å². The van der Waals surface area contributed by atoms with Gasteiger partial charge in [-0.25, -0.2) is 14.4 Å². The molecular formula is C19H27FIN7. The van der Waals surface area contributed by atoms with Gasteiger partial charge in [-0.3, -0.25) is 9.89 Å². The van der Waals surface area contributed by atoms with Crippen LogP contribution in [0.2, 0.25) is 0 Å². The smallest absolute Gasteiger partial charge is 0.225 e. The van der Waals surface area contributed by atoms with Crippen molar-refractivity contribution in [3.8, 4) is 0 Å². The Hall–Kier alpha value is -2.01. The van der Waals surface area contributed by atoms with Gasteiger partial charge in [0, 0.05) is 70.8 Å². The summed E-state index contributed by atoms with van der Waals surface area (Å²) in [5, 5.41) is 6.43. The first kappa shape index (κ1) is 22.3. The predicted molar refractivity (Wildman–Crippen MR) is 121 cm³/mol. The van der Waals surface area contributed by atoms with Crippen molar-refractivity contribution in [1.29, 1.82) is 0 Å². The number of halogens is 2. The Kier molecular flexibility index (Phi) is 9.35. The maximum atomic E-state index is 13.7. The van der Waals surface area contributed by atoms with E-state index in [4.69, 9.17) is 0 Å². The van der Waals surface area contributed by atoms with E-state index in [9.17, 15) is 4.39 Å². The van der Waals surface area contributed by atoms with Gasteiger partial charge in [-0.15, -0.1) is 24.0 Å². The van der Waals surface area contributed by atoms with Crippen LogP contribution in [0.1, 0.15) is 5.56 Å². The number of hydrogen-bond donors (Lipinski definition) is 2. The van der Waals surface area contributed by atoms with Crippen LogP contribution in [0.15, 0.2) is 47.7 Å². The first-order valence-electron chi connectivity index (χ1n) is 9.18. The van der Waals surface area contributed by atoms with E-state index in [1.807, 2.05) is 12.1 Å². The summed E-state index contributed by atoms with van der Waals surface area (Å²) in [6.07, 6.45) is 3.55. The Morgan fingerprint density at radius 2 is 1.79 bits per heavy atom. The van der Waals surface area contributed by atoms with Crippen LogP contribution in [0, 0.1) is 5.82 Å². The van der Waals surface area contributed by atoms with Gasteiger partial charge in [-0.05, 0) is 12.1 Å². The molecule has 0 atom stereocenters. The fourth-order valence-corrected chi connectivity index (χ4v) is 3.00. The van der Waals surface area contributed by atoms with Crippen molar-refractivity contribution in [1.82, 2.24) is 25.5 Å². The number of nitrogens with zero attached hydrogens (tertiary/aromatic N) is 5. The van der Waals surface area contributed by atoms with Crippen molar-refractivity contribution in [3.63, 3.8) is 0 Å². The molecule has 2 N–H and O–H groups in total. The van der Waals surface area contributed by atoms with Gasteiger partial charge in [0.2, 0.25) is 5.95 Å². The van der Waals surface area contributed by atoms with Gasteiger partial charge in [0.05, 0.1) is 0 Å². The van der Waals surface area contributed by atoms with Crippen LogP contribution < -0.4 is 15.5 Å². The maximum absolute atomic E-state index is 13.7. The Balaban J connectivity index is 0.00000280. The lowest BCUT2D eigenvalue weighted by Crippen LogP contribution is -2.49. The molecule has 0 bridgehead atoms. The molecule has 1 aromatic heterocycles. The average Bonchev–Trinajstić information content (AvgIpc) is 2.73. The largest absolute Gasteiger partial charge is 0.355 e. The molecule has 2 heterocycles. The zero-order chi connectivity index (χ0) is 18.9. The summed E-state index contributed by atoms with van der Waals surface area (Å²) >= 11 is 0. The van der Waals surface area contributed by atoms with Crippen LogP contribution >= 0.6 is 24.0 Å². The van der Waals surface area contributed by atoms with E-state index in [-0.39, 0.29) is 29.8 Å². The van der Waals surface area contributed by atoms with Gasteiger partial charge < -0.3 is 15.5 Å². The van der Waals surface area contributed by atoms with Crippen molar-refractivity contribution >= 4 is 35.9 Å². The maximum Gasteiger partial charge on any atom is 0.225 e. The van der Waals surface area contributed by atoms with E-state index in [1.165, 1.54) is 6.07 Å². The lowest BCUT2D eigenvalue weighted by molar-refractivity contribution is 0.260. The molecule has 1 aromatic carbocycles. The number of benzene rings is 1. The highest BCUT2D eigenvalue weighted by atomic mass is 127. The second-order valence-electron chi connectivity index (χ2n) is 6.32. The first-order valence-corrected chi connectivity index (χ1v) is 9.18. The average molecular weight is 499 g/mol. The number of piperazine rings is 1. The van der Waals surface area contributed by atoms with Crippen LogP contribution in [-0.4, -0.2) is 67.1 Å². The minimum absolute atomic E-state index is 0. The molecule has 0 saturated carbocycles. The quantitative estimate of drug-likeness (QED) is 0.359. The van der Waals surface area contributed by atoms with E-state index >= 15 is 0 Å². The minimum atomic E-state index is -0.208. The summed E-state index contributed by atoms with van der Waals surface area (Å²) in [6.45, 7) is 5.89. The van der Waals surface area contributed by atoms with Gasteiger partial charge >= 0.3 is 0 Å². The molecule has 0 radical (unpaired) electrons. The second kappa shape index (κ2) is 11.7. The van der Waals surface area contributed by atoms with Crippen LogP contribution in [0.25, 0.3) is 0 Å². The molecule has 1 fully saturated rings. The van der Waals surface area contributed by atoms with Crippen molar-refractivity contribution < 1.29 is 4.39 Å². The third kappa shape index (κ3) is 6.55. The molecule has 0 spiro atoms. The summed E-state index contributed by atoms with van der Waals surface area (Å²) in [5.41, 5.74) is 0.625. The van der Waals surface area contributed by atoms with E-state index in [1.54, 1.807) is 31.6 Å². The number of guanidine groups is 1. The van der Waals surface area contributed by atoms with E-state index in [0.29, 0.717) is 18.1 Å². The standard InChI is InChI=1S/C19H26FN7.HI/c1-21-18(25-15-16-5-2-3-6-17(16)20)22-9-10-26-11-13-27(14-12-26)19-23-7-4-8-24-19;/h2-8H,9-15H2,1H3,(H2,21,22,25);1H. The van der Waals surface area contributed by atoms with Crippen LogP contribution in [0.5, 0.6) is 0 Å². The summed E-state index contributed by atoms with van der Waals surface area (Å²) < 4.78 is 13.7. The van der Waals surface area contributed by atoms with Gasteiger partial charge in [-0.1, -0.05) is 18.2 Å². The van der Waals surface area contributed by atoms with Crippen LogP contribution in [-0.2, 0) is 6.54 Å². The summed E-state index contributed by atoms with van der Waals surface area (Å²) in [7, 11) is 1.72. The molecule has 2 aromatic rings. The fourth-order valence-electron chi connectivity index (χ4n) is 3.00. The molecular weight excluding hydrogens is 472 g/mol. The Morgan fingerprint density at radius 3 is 2.46 bits per heavy atom. The number of hydrogen-bond acceptors (Lipinski definition) is 5. The van der Waals surface area contributed by atoms with Gasteiger partial charge in [0.25, 0.3) is 0 Å².